The Morgan fingerprint density at radius 1 is 1.00 bits per heavy atom. The lowest BCUT2D eigenvalue weighted by Crippen LogP contribution is -2.31. The van der Waals surface area contributed by atoms with Crippen LogP contribution in [0.1, 0.15) is 75.4 Å². The van der Waals surface area contributed by atoms with Crippen LogP contribution in [0.5, 0.6) is 17.2 Å². The van der Waals surface area contributed by atoms with Crippen molar-refractivity contribution in [2.24, 2.45) is 5.92 Å². The van der Waals surface area contributed by atoms with Gasteiger partial charge in [0.2, 0.25) is 0 Å². The maximum absolute atomic E-state index is 12.2. The van der Waals surface area contributed by atoms with E-state index in [4.69, 9.17) is 18.9 Å². The number of aromatic nitrogens is 2. The van der Waals surface area contributed by atoms with E-state index in [0.29, 0.717) is 49.4 Å². The fourth-order valence-electron chi connectivity index (χ4n) is 5.36. The Kier molecular flexibility index (Phi) is 9.83. The summed E-state index contributed by atoms with van der Waals surface area (Å²) in [5.41, 5.74) is 4.73. The summed E-state index contributed by atoms with van der Waals surface area (Å²) in [5.74, 6) is 8.87. The average Bonchev–Trinajstić information content (AvgIpc) is 2.99. The number of benzene rings is 2. The summed E-state index contributed by atoms with van der Waals surface area (Å²) >= 11 is 0. The third kappa shape index (κ3) is 8.48. The predicted molar refractivity (Wildman–Crippen MR) is 165 cm³/mol. The predicted octanol–water partition coefficient (Wildman–Crippen LogP) is 6.01. The smallest absolute Gasteiger partial charge is 0.320 e. The minimum absolute atomic E-state index is 0.0710. The molecule has 2 aromatic carbocycles. The molecule has 1 fully saturated rings. The number of esters is 1. The first-order valence-corrected chi connectivity index (χ1v) is 15.2. The van der Waals surface area contributed by atoms with Crippen LogP contribution in [0.25, 0.3) is 11.1 Å². The fraction of sp³-hybridized carbons (Fsp3) is 0.457. The zero-order chi connectivity index (χ0) is 30.2. The second-order valence-corrected chi connectivity index (χ2v) is 12.1. The topological polar surface area (TPSA) is 91.8 Å². The SMILES string of the molecule is Cc1c(C#Cc2cc(OCC3CCCCC3)c(CNCC(=O)OC(C)(C)C)nn2)cccc1-c1ccc2c(c1)OCCO2. The van der Waals surface area contributed by atoms with Gasteiger partial charge in [-0.25, -0.2) is 0 Å². The third-order valence-electron chi connectivity index (χ3n) is 7.52. The van der Waals surface area contributed by atoms with Gasteiger partial charge in [-0.3, -0.25) is 4.79 Å². The van der Waals surface area contributed by atoms with Gasteiger partial charge in [-0.1, -0.05) is 43.4 Å². The Morgan fingerprint density at radius 2 is 1.79 bits per heavy atom. The molecule has 2 heterocycles. The van der Waals surface area contributed by atoms with Gasteiger partial charge in [0.05, 0.1) is 13.2 Å². The van der Waals surface area contributed by atoms with Crippen molar-refractivity contribution in [3.63, 3.8) is 0 Å². The zero-order valence-corrected chi connectivity index (χ0v) is 25.6. The molecule has 0 bridgehead atoms. The van der Waals surface area contributed by atoms with Gasteiger partial charge in [-0.2, -0.15) is 0 Å². The summed E-state index contributed by atoms with van der Waals surface area (Å²) < 4.78 is 23.2. The number of carbonyl (C=O) groups is 1. The molecule has 0 amide bonds. The maximum Gasteiger partial charge on any atom is 0.320 e. The van der Waals surface area contributed by atoms with Gasteiger partial charge in [0.15, 0.2) is 11.5 Å². The molecule has 226 valence electrons. The minimum atomic E-state index is -0.533. The molecular formula is C35H41N3O5. The molecule has 0 radical (unpaired) electrons. The van der Waals surface area contributed by atoms with E-state index in [0.717, 1.165) is 33.8 Å². The van der Waals surface area contributed by atoms with E-state index in [-0.39, 0.29) is 12.5 Å². The van der Waals surface area contributed by atoms with Crippen molar-refractivity contribution in [3.05, 3.63) is 65.0 Å². The molecule has 8 nitrogen and oxygen atoms in total. The number of hydrogen-bond acceptors (Lipinski definition) is 8. The fourth-order valence-corrected chi connectivity index (χ4v) is 5.36. The number of nitrogens with one attached hydrogen (secondary N) is 1. The molecule has 1 saturated carbocycles. The second kappa shape index (κ2) is 13.9. The number of ether oxygens (including phenoxy) is 4. The summed E-state index contributed by atoms with van der Waals surface area (Å²) in [4.78, 5) is 12.2. The van der Waals surface area contributed by atoms with Crippen molar-refractivity contribution in [2.45, 2.75) is 71.9 Å². The first-order chi connectivity index (χ1) is 20.7. The summed E-state index contributed by atoms with van der Waals surface area (Å²) in [6.45, 7) is 9.77. The number of nitrogens with zero attached hydrogens (tertiary/aromatic N) is 2. The molecule has 1 aromatic heterocycles. The Hall–Kier alpha value is -4.09. The first-order valence-electron chi connectivity index (χ1n) is 15.2. The normalized spacial score (nSPS) is 14.9. The van der Waals surface area contributed by atoms with Gasteiger partial charge in [0.25, 0.3) is 0 Å². The third-order valence-corrected chi connectivity index (χ3v) is 7.52. The molecule has 0 spiro atoms. The molecule has 5 rings (SSSR count). The summed E-state index contributed by atoms with van der Waals surface area (Å²) in [7, 11) is 0. The zero-order valence-electron chi connectivity index (χ0n) is 25.6. The van der Waals surface area contributed by atoms with E-state index < -0.39 is 5.60 Å². The van der Waals surface area contributed by atoms with Crippen LogP contribution in [-0.2, 0) is 16.1 Å². The average molecular weight is 584 g/mol. The Bertz CT molecular complexity index is 1500. The summed E-state index contributed by atoms with van der Waals surface area (Å²) in [6, 6.07) is 14.0. The Labute approximate surface area is 254 Å². The first kappa shape index (κ1) is 30.4. The van der Waals surface area contributed by atoms with E-state index in [1.54, 1.807) is 0 Å². The largest absolute Gasteiger partial charge is 0.491 e. The molecule has 2 aliphatic rings. The van der Waals surface area contributed by atoms with Crippen molar-refractivity contribution in [2.75, 3.05) is 26.4 Å². The van der Waals surface area contributed by atoms with Gasteiger partial charge in [0.1, 0.15) is 36.0 Å². The summed E-state index contributed by atoms with van der Waals surface area (Å²) in [5, 5.41) is 11.9. The standard InChI is InChI=1S/C35H41N3O5/c1-24-26(11-8-12-29(24)27-14-16-31-33(19-27)41-18-17-40-31)13-15-28-20-32(42-23-25-9-6-5-7-10-25)30(38-37-28)21-36-22-34(39)43-35(2,3)4/h8,11-12,14,16,19-20,25,36H,5-7,9-10,17-18,21-23H2,1-4H3. The number of rotatable bonds is 8. The monoisotopic (exact) mass is 583 g/mol. The van der Waals surface area contributed by atoms with Crippen molar-refractivity contribution < 1.29 is 23.7 Å². The molecule has 3 aromatic rings. The van der Waals surface area contributed by atoms with E-state index >= 15 is 0 Å². The molecule has 1 aliphatic carbocycles. The molecule has 8 heteroatoms. The van der Waals surface area contributed by atoms with Gasteiger partial charge in [0, 0.05) is 18.2 Å². The number of hydrogen-bond donors (Lipinski definition) is 1. The molecule has 43 heavy (non-hydrogen) atoms. The second-order valence-electron chi connectivity index (χ2n) is 12.1. The van der Waals surface area contributed by atoms with Crippen molar-refractivity contribution in [3.8, 4) is 40.2 Å². The van der Waals surface area contributed by atoms with Crippen LogP contribution in [0, 0.1) is 24.7 Å². The van der Waals surface area contributed by atoms with Crippen LogP contribution < -0.4 is 19.5 Å². The molecule has 0 unspecified atom stereocenters. The molecule has 0 saturated heterocycles. The number of fused-ring (bicyclic) bond motifs is 1. The highest BCUT2D eigenvalue weighted by molar-refractivity contribution is 5.73. The lowest BCUT2D eigenvalue weighted by molar-refractivity contribution is -0.153. The molecule has 0 atom stereocenters. The van der Waals surface area contributed by atoms with Gasteiger partial charge in [-0.15, -0.1) is 10.2 Å². The molecule has 1 N–H and O–H groups in total. The van der Waals surface area contributed by atoms with E-state index in [1.807, 2.05) is 57.2 Å². The Morgan fingerprint density at radius 3 is 2.58 bits per heavy atom. The van der Waals surface area contributed by atoms with Gasteiger partial charge in [-0.05, 0) is 87.3 Å². The van der Waals surface area contributed by atoms with Crippen LogP contribution in [0.3, 0.4) is 0 Å². The lowest BCUT2D eigenvalue weighted by Gasteiger charge is -2.22. The van der Waals surface area contributed by atoms with E-state index in [2.05, 4.69) is 40.3 Å². The summed E-state index contributed by atoms with van der Waals surface area (Å²) in [6.07, 6.45) is 6.14. The van der Waals surface area contributed by atoms with Crippen LogP contribution in [0.2, 0.25) is 0 Å². The van der Waals surface area contributed by atoms with E-state index in [9.17, 15) is 4.79 Å². The van der Waals surface area contributed by atoms with Crippen molar-refractivity contribution in [1.29, 1.82) is 0 Å². The van der Waals surface area contributed by atoms with E-state index in [1.165, 1.54) is 32.1 Å². The number of carbonyl (C=O) groups excluding carboxylic acids is 1. The van der Waals surface area contributed by atoms with Crippen LogP contribution >= 0.6 is 0 Å². The highest BCUT2D eigenvalue weighted by Crippen LogP contribution is 2.36. The minimum Gasteiger partial charge on any atom is -0.491 e. The van der Waals surface area contributed by atoms with Gasteiger partial charge < -0.3 is 24.3 Å². The molecular weight excluding hydrogens is 542 g/mol. The van der Waals surface area contributed by atoms with Crippen molar-refractivity contribution in [1.82, 2.24) is 15.5 Å². The quantitative estimate of drug-likeness (QED) is 0.255. The maximum atomic E-state index is 12.2. The molecule has 1 aliphatic heterocycles. The van der Waals surface area contributed by atoms with Crippen molar-refractivity contribution >= 4 is 5.97 Å². The van der Waals surface area contributed by atoms with Crippen LogP contribution in [0.15, 0.2) is 42.5 Å². The lowest BCUT2D eigenvalue weighted by atomic mass is 9.90. The Balaban J connectivity index is 1.33. The van der Waals surface area contributed by atoms with Crippen LogP contribution in [-0.4, -0.2) is 48.1 Å². The highest BCUT2D eigenvalue weighted by atomic mass is 16.6. The van der Waals surface area contributed by atoms with Gasteiger partial charge >= 0.3 is 5.97 Å². The van der Waals surface area contributed by atoms with Crippen LogP contribution in [0.4, 0.5) is 0 Å². The highest BCUT2D eigenvalue weighted by Gasteiger charge is 2.19.